The molecule has 0 radical (unpaired) electrons. The van der Waals surface area contributed by atoms with Crippen LogP contribution in [0.5, 0.6) is 0 Å². The van der Waals surface area contributed by atoms with E-state index in [0.29, 0.717) is 23.9 Å². The van der Waals surface area contributed by atoms with Crippen molar-refractivity contribution in [2.75, 3.05) is 18.0 Å². The standard InChI is InChI=1S/C21H24N4O3/c1-14-9-15(2)13-23(12-14)21(26)19-10-16-5-3-4-6-17(16)24(19)18-7-8-22-11-20(18)25(27)28/h3-8,11,14-15,19H,9-10,12-13H2,1-2H3/t14?,15?,19-/m0/s1. The third-order valence-corrected chi connectivity index (χ3v) is 5.68. The van der Waals surface area contributed by atoms with Gasteiger partial charge in [0.05, 0.1) is 4.92 Å². The molecular formula is C21H24N4O3. The average molecular weight is 380 g/mol. The molecule has 1 fully saturated rings. The van der Waals surface area contributed by atoms with Crippen LogP contribution in [0.25, 0.3) is 0 Å². The molecule has 3 atom stereocenters. The molecule has 2 aromatic rings. The van der Waals surface area contributed by atoms with Gasteiger partial charge in [-0.2, -0.15) is 0 Å². The van der Waals surface area contributed by atoms with Gasteiger partial charge in [-0.3, -0.25) is 19.9 Å². The summed E-state index contributed by atoms with van der Waals surface area (Å²) in [5, 5.41) is 11.6. The van der Waals surface area contributed by atoms with Gasteiger partial charge in [-0.05, 0) is 36.0 Å². The maximum atomic E-state index is 13.5. The van der Waals surface area contributed by atoms with Gasteiger partial charge in [0.15, 0.2) is 0 Å². The van der Waals surface area contributed by atoms with E-state index in [1.807, 2.05) is 34.1 Å². The van der Waals surface area contributed by atoms with Crippen LogP contribution in [0.2, 0.25) is 0 Å². The Kier molecular flexibility index (Phi) is 4.75. The summed E-state index contributed by atoms with van der Waals surface area (Å²) in [6.45, 7) is 5.82. The molecule has 2 unspecified atom stereocenters. The molecule has 0 N–H and O–H groups in total. The molecule has 1 aromatic carbocycles. The first kappa shape index (κ1) is 18.4. The maximum Gasteiger partial charge on any atom is 0.311 e. The molecule has 0 bridgehead atoms. The van der Waals surface area contributed by atoms with Crippen molar-refractivity contribution < 1.29 is 9.72 Å². The van der Waals surface area contributed by atoms with E-state index in [0.717, 1.165) is 30.8 Å². The third kappa shape index (κ3) is 3.21. The molecule has 0 saturated carbocycles. The Morgan fingerprint density at radius 2 is 1.86 bits per heavy atom. The second-order valence-electron chi connectivity index (χ2n) is 8.03. The highest BCUT2D eigenvalue weighted by Gasteiger charge is 2.41. The number of likely N-dealkylation sites (tertiary alicyclic amines) is 1. The van der Waals surface area contributed by atoms with E-state index in [1.165, 1.54) is 12.4 Å². The van der Waals surface area contributed by atoms with E-state index in [-0.39, 0.29) is 11.6 Å². The van der Waals surface area contributed by atoms with Gasteiger partial charge in [0, 0.05) is 31.4 Å². The highest BCUT2D eigenvalue weighted by atomic mass is 16.6. The average Bonchev–Trinajstić information content (AvgIpc) is 3.06. The van der Waals surface area contributed by atoms with Gasteiger partial charge in [-0.15, -0.1) is 0 Å². The minimum absolute atomic E-state index is 0.0423. The molecule has 2 aliphatic heterocycles. The minimum Gasteiger partial charge on any atom is -0.340 e. The third-order valence-electron chi connectivity index (χ3n) is 5.68. The van der Waals surface area contributed by atoms with Gasteiger partial charge in [-0.1, -0.05) is 32.0 Å². The number of piperidine rings is 1. The highest BCUT2D eigenvalue weighted by molar-refractivity contribution is 5.93. The molecule has 1 saturated heterocycles. The summed E-state index contributed by atoms with van der Waals surface area (Å²) >= 11 is 0. The van der Waals surface area contributed by atoms with Crippen LogP contribution < -0.4 is 4.90 Å². The predicted octanol–water partition coefficient (Wildman–Crippen LogP) is 3.56. The number of para-hydroxylation sites is 1. The Labute approximate surface area is 164 Å². The van der Waals surface area contributed by atoms with Crippen LogP contribution in [0.1, 0.15) is 25.8 Å². The molecule has 4 rings (SSSR count). The predicted molar refractivity (Wildman–Crippen MR) is 106 cm³/mol. The van der Waals surface area contributed by atoms with E-state index in [1.54, 1.807) is 6.07 Å². The number of fused-ring (bicyclic) bond motifs is 1. The number of amides is 1. The summed E-state index contributed by atoms with van der Waals surface area (Å²) in [5.41, 5.74) is 2.22. The zero-order chi connectivity index (χ0) is 19.8. The smallest absolute Gasteiger partial charge is 0.311 e. The van der Waals surface area contributed by atoms with Crippen molar-refractivity contribution in [1.82, 2.24) is 9.88 Å². The number of nitrogens with zero attached hydrogens (tertiary/aromatic N) is 4. The Bertz CT molecular complexity index is 906. The van der Waals surface area contributed by atoms with Gasteiger partial charge in [0.1, 0.15) is 17.9 Å². The first-order chi connectivity index (χ1) is 13.5. The van der Waals surface area contributed by atoms with E-state index in [9.17, 15) is 14.9 Å². The van der Waals surface area contributed by atoms with Crippen LogP contribution in [0.15, 0.2) is 42.7 Å². The number of benzene rings is 1. The quantitative estimate of drug-likeness (QED) is 0.601. The van der Waals surface area contributed by atoms with Crippen molar-refractivity contribution >= 4 is 23.0 Å². The summed E-state index contributed by atoms with van der Waals surface area (Å²) in [6.07, 6.45) is 4.46. The number of pyridine rings is 1. The normalized spacial score (nSPS) is 24.1. The number of carbonyl (C=O) groups excluding carboxylic acids is 1. The van der Waals surface area contributed by atoms with Crippen molar-refractivity contribution in [3.8, 4) is 0 Å². The van der Waals surface area contributed by atoms with Crippen LogP contribution in [-0.4, -0.2) is 39.8 Å². The summed E-state index contributed by atoms with van der Waals surface area (Å²) in [6, 6.07) is 8.91. The zero-order valence-electron chi connectivity index (χ0n) is 16.1. The monoisotopic (exact) mass is 380 g/mol. The van der Waals surface area contributed by atoms with E-state index >= 15 is 0 Å². The van der Waals surface area contributed by atoms with E-state index < -0.39 is 11.0 Å². The molecule has 3 heterocycles. The van der Waals surface area contributed by atoms with Gasteiger partial charge >= 0.3 is 5.69 Å². The lowest BCUT2D eigenvalue weighted by Gasteiger charge is -2.38. The molecule has 1 amide bonds. The van der Waals surface area contributed by atoms with Gasteiger partial charge in [0.25, 0.3) is 0 Å². The minimum atomic E-state index is -0.476. The number of aromatic nitrogens is 1. The number of carbonyl (C=O) groups is 1. The lowest BCUT2D eigenvalue weighted by Crippen LogP contribution is -2.50. The lowest BCUT2D eigenvalue weighted by molar-refractivity contribution is -0.384. The number of rotatable bonds is 3. The second kappa shape index (κ2) is 7.22. The lowest BCUT2D eigenvalue weighted by atomic mass is 9.91. The number of anilines is 2. The Balaban J connectivity index is 1.75. The molecule has 7 nitrogen and oxygen atoms in total. The fraction of sp³-hybridized carbons (Fsp3) is 0.429. The molecule has 7 heteroatoms. The largest absolute Gasteiger partial charge is 0.340 e. The summed E-state index contributed by atoms with van der Waals surface area (Å²) in [4.78, 5) is 32.4. The number of hydrogen-bond acceptors (Lipinski definition) is 5. The fourth-order valence-corrected chi connectivity index (χ4v) is 4.66. The van der Waals surface area contributed by atoms with Gasteiger partial charge in [0.2, 0.25) is 5.91 Å². The van der Waals surface area contributed by atoms with E-state index in [4.69, 9.17) is 0 Å². The first-order valence-electron chi connectivity index (χ1n) is 9.70. The molecule has 146 valence electrons. The first-order valence-corrected chi connectivity index (χ1v) is 9.70. The van der Waals surface area contributed by atoms with Crippen LogP contribution in [-0.2, 0) is 11.2 Å². The Morgan fingerprint density at radius 1 is 1.14 bits per heavy atom. The summed E-state index contributed by atoms with van der Waals surface area (Å²) in [5.74, 6) is 0.959. The fourth-order valence-electron chi connectivity index (χ4n) is 4.66. The van der Waals surface area contributed by atoms with Crippen molar-refractivity contribution in [3.05, 3.63) is 58.4 Å². The topological polar surface area (TPSA) is 79.6 Å². The maximum absolute atomic E-state index is 13.5. The molecule has 0 aliphatic carbocycles. The van der Waals surface area contributed by atoms with Crippen LogP contribution >= 0.6 is 0 Å². The Morgan fingerprint density at radius 3 is 2.57 bits per heavy atom. The van der Waals surface area contributed by atoms with Crippen molar-refractivity contribution in [2.45, 2.75) is 32.7 Å². The number of hydrogen-bond donors (Lipinski definition) is 0. The molecule has 0 spiro atoms. The van der Waals surface area contributed by atoms with Crippen LogP contribution in [0.3, 0.4) is 0 Å². The summed E-state index contributed by atoms with van der Waals surface area (Å²) in [7, 11) is 0. The molecule has 28 heavy (non-hydrogen) atoms. The number of nitro groups is 1. The second-order valence-corrected chi connectivity index (χ2v) is 8.03. The van der Waals surface area contributed by atoms with Gasteiger partial charge < -0.3 is 9.80 Å². The Hall–Kier alpha value is -2.96. The molecular weight excluding hydrogens is 356 g/mol. The summed E-state index contributed by atoms with van der Waals surface area (Å²) < 4.78 is 0. The molecule has 2 aliphatic rings. The van der Waals surface area contributed by atoms with Crippen molar-refractivity contribution in [1.29, 1.82) is 0 Å². The van der Waals surface area contributed by atoms with Crippen LogP contribution in [0.4, 0.5) is 17.1 Å². The van der Waals surface area contributed by atoms with Crippen LogP contribution in [0, 0.1) is 22.0 Å². The van der Waals surface area contributed by atoms with Gasteiger partial charge in [-0.25, -0.2) is 0 Å². The zero-order valence-corrected chi connectivity index (χ0v) is 16.1. The molecule has 1 aromatic heterocycles. The van der Waals surface area contributed by atoms with Crippen molar-refractivity contribution in [2.24, 2.45) is 11.8 Å². The van der Waals surface area contributed by atoms with E-state index in [2.05, 4.69) is 18.8 Å². The SMILES string of the molecule is CC1CC(C)CN(C(=O)[C@@H]2Cc3ccccc3N2c2ccncc2[N+](=O)[O-])C1. The highest BCUT2D eigenvalue weighted by Crippen LogP contribution is 2.42. The van der Waals surface area contributed by atoms with Crippen molar-refractivity contribution in [3.63, 3.8) is 0 Å².